The Labute approximate surface area is 90.4 Å². The first-order valence-corrected chi connectivity index (χ1v) is 4.93. The van der Waals surface area contributed by atoms with Crippen molar-refractivity contribution in [1.82, 2.24) is 9.97 Å². The van der Waals surface area contributed by atoms with Gasteiger partial charge in [0.2, 0.25) is 0 Å². The largest absolute Gasteiger partial charge is 0.357 e. The number of hydrogen-bond donors (Lipinski definition) is 1. The van der Waals surface area contributed by atoms with Crippen LogP contribution in [0, 0.1) is 16.7 Å². The molecule has 0 saturated heterocycles. The van der Waals surface area contributed by atoms with Crippen LogP contribution in [-0.4, -0.2) is 16.5 Å². The Morgan fingerprint density at radius 2 is 2.13 bits per heavy atom. The third-order valence-corrected chi connectivity index (χ3v) is 1.78. The van der Waals surface area contributed by atoms with Crippen molar-refractivity contribution in [2.24, 2.45) is 5.41 Å². The lowest BCUT2D eigenvalue weighted by Crippen LogP contribution is -2.11. The molecule has 1 aromatic rings. The summed E-state index contributed by atoms with van der Waals surface area (Å²) in [6, 6.07) is 3.90. The van der Waals surface area contributed by atoms with Crippen LogP contribution < -0.4 is 5.32 Å². The maximum atomic E-state index is 8.43. The van der Waals surface area contributed by atoms with Gasteiger partial charge in [0.15, 0.2) is 0 Å². The average Bonchev–Trinajstić information content (AvgIpc) is 2.12. The highest BCUT2D eigenvalue weighted by molar-refractivity contribution is 5.35. The number of hydrogen-bond acceptors (Lipinski definition) is 4. The molecule has 0 spiro atoms. The van der Waals surface area contributed by atoms with E-state index in [1.807, 2.05) is 12.1 Å². The van der Waals surface area contributed by atoms with Crippen molar-refractivity contribution in [2.45, 2.75) is 27.2 Å². The minimum absolute atomic E-state index is 0.209. The Kier molecular flexibility index (Phi) is 3.62. The van der Waals surface area contributed by atoms with Crippen LogP contribution in [0.15, 0.2) is 12.4 Å². The Hall–Kier alpha value is -1.63. The smallest absolute Gasteiger partial charge is 0.130 e. The van der Waals surface area contributed by atoms with Crippen LogP contribution in [-0.2, 0) is 6.42 Å². The lowest BCUT2D eigenvalue weighted by molar-refractivity contribution is 0.406. The maximum absolute atomic E-state index is 8.43. The van der Waals surface area contributed by atoms with Crippen molar-refractivity contribution >= 4 is 5.82 Å². The zero-order valence-electron chi connectivity index (χ0n) is 9.41. The zero-order chi connectivity index (χ0) is 11.3. The molecule has 1 rings (SSSR count). The normalized spacial score (nSPS) is 10.8. The van der Waals surface area contributed by atoms with E-state index in [0.29, 0.717) is 5.82 Å². The molecule has 15 heavy (non-hydrogen) atoms. The van der Waals surface area contributed by atoms with Crippen LogP contribution in [0.1, 0.15) is 26.5 Å². The molecule has 0 atom stereocenters. The Bertz CT molecular complexity index is 360. The summed E-state index contributed by atoms with van der Waals surface area (Å²) in [6.07, 6.45) is 2.43. The fourth-order valence-electron chi connectivity index (χ4n) is 1.26. The van der Waals surface area contributed by atoms with Gasteiger partial charge in [-0.1, -0.05) is 20.8 Å². The van der Waals surface area contributed by atoms with E-state index < -0.39 is 0 Å². The van der Waals surface area contributed by atoms with Crippen LogP contribution in [0.3, 0.4) is 0 Å². The Morgan fingerprint density at radius 3 is 2.73 bits per heavy atom. The van der Waals surface area contributed by atoms with Gasteiger partial charge in [-0.25, -0.2) is 9.97 Å². The molecule has 1 aromatic heterocycles. The average molecular weight is 204 g/mol. The Morgan fingerprint density at radius 1 is 1.40 bits per heavy atom. The highest BCUT2D eigenvalue weighted by atomic mass is 15.0. The van der Waals surface area contributed by atoms with Crippen molar-refractivity contribution in [1.29, 1.82) is 5.26 Å². The summed E-state index contributed by atoms with van der Waals surface area (Å²) in [6.45, 7) is 6.76. The molecular formula is C11H16N4. The van der Waals surface area contributed by atoms with Gasteiger partial charge in [0.05, 0.1) is 6.07 Å². The molecule has 4 heteroatoms. The fourth-order valence-corrected chi connectivity index (χ4v) is 1.26. The van der Waals surface area contributed by atoms with Crippen molar-refractivity contribution in [2.75, 3.05) is 11.9 Å². The van der Waals surface area contributed by atoms with Crippen LogP contribution in [0.2, 0.25) is 0 Å². The van der Waals surface area contributed by atoms with E-state index in [9.17, 15) is 0 Å². The number of aromatic nitrogens is 2. The predicted molar refractivity (Wildman–Crippen MR) is 59.3 cm³/mol. The zero-order valence-corrected chi connectivity index (χ0v) is 9.41. The van der Waals surface area contributed by atoms with E-state index in [1.165, 1.54) is 6.33 Å². The van der Waals surface area contributed by atoms with Crippen molar-refractivity contribution in [3.05, 3.63) is 18.1 Å². The van der Waals surface area contributed by atoms with Crippen molar-refractivity contribution < 1.29 is 0 Å². The van der Waals surface area contributed by atoms with Gasteiger partial charge in [-0.05, 0) is 11.8 Å². The van der Waals surface area contributed by atoms with Crippen LogP contribution in [0.25, 0.3) is 0 Å². The summed E-state index contributed by atoms with van der Waals surface area (Å²) in [5, 5.41) is 11.3. The minimum atomic E-state index is 0.209. The molecule has 0 bridgehead atoms. The van der Waals surface area contributed by atoms with Gasteiger partial charge in [-0.3, -0.25) is 0 Å². The molecule has 0 aliphatic rings. The van der Waals surface area contributed by atoms with Gasteiger partial charge >= 0.3 is 0 Å². The molecule has 0 aliphatic carbocycles. The second-order valence-corrected chi connectivity index (χ2v) is 4.64. The number of nitriles is 1. The van der Waals surface area contributed by atoms with Gasteiger partial charge in [0, 0.05) is 11.8 Å². The van der Waals surface area contributed by atoms with E-state index >= 15 is 0 Å². The second-order valence-electron chi connectivity index (χ2n) is 4.64. The van der Waals surface area contributed by atoms with Gasteiger partial charge in [-0.2, -0.15) is 5.26 Å². The highest BCUT2D eigenvalue weighted by Crippen LogP contribution is 2.19. The van der Waals surface area contributed by atoms with Crippen molar-refractivity contribution in [3.8, 4) is 6.07 Å². The Balaban J connectivity index is 2.71. The molecule has 0 amide bonds. The van der Waals surface area contributed by atoms with Gasteiger partial charge in [0.1, 0.15) is 18.7 Å². The summed E-state index contributed by atoms with van der Waals surface area (Å²) in [5.74, 6) is 0.714. The summed E-state index contributed by atoms with van der Waals surface area (Å²) in [4.78, 5) is 8.23. The van der Waals surface area contributed by atoms with Crippen LogP contribution in [0.5, 0.6) is 0 Å². The second kappa shape index (κ2) is 4.74. The van der Waals surface area contributed by atoms with E-state index in [4.69, 9.17) is 5.26 Å². The topological polar surface area (TPSA) is 61.6 Å². The number of anilines is 1. The van der Waals surface area contributed by atoms with Gasteiger partial charge < -0.3 is 5.32 Å². The summed E-state index contributed by atoms with van der Waals surface area (Å²) in [7, 11) is 0. The summed E-state index contributed by atoms with van der Waals surface area (Å²) in [5.41, 5.74) is 1.21. The van der Waals surface area contributed by atoms with E-state index in [0.717, 1.165) is 12.1 Å². The lowest BCUT2D eigenvalue weighted by Gasteiger charge is -2.17. The number of rotatable bonds is 3. The molecule has 80 valence electrons. The van der Waals surface area contributed by atoms with E-state index in [1.54, 1.807) is 0 Å². The van der Waals surface area contributed by atoms with E-state index in [-0.39, 0.29) is 12.0 Å². The SMILES string of the molecule is CC(C)(C)Cc1cc(NCC#N)ncn1. The molecule has 0 aromatic carbocycles. The fraction of sp³-hybridized carbons (Fsp3) is 0.545. The first kappa shape index (κ1) is 11.4. The molecule has 0 saturated carbocycles. The first-order chi connectivity index (χ1) is 7.01. The number of nitrogens with one attached hydrogen (secondary N) is 1. The molecule has 0 radical (unpaired) electrons. The third kappa shape index (κ3) is 4.41. The highest BCUT2D eigenvalue weighted by Gasteiger charge is 2.12. The van der Waals surface area contributed by atoms with Gasteiger partial charge in [-0.15, -0.1) is 0 Å². The number of nitrogens with zero attached hydrogens (tertiary/aromatic N) is 3. The molecule has 0 unspecified atom stereocenters. The molecule has 0 fully saturated rings. The molecule has 1 N–H and O–H groups in total. The predicted octanol–water partition coefficient (Wildman–Crippen LogP) is 2.00. The van der Waals surface area contributed by atoms with Gasteiger partial charge in [0.25, 0.3) is 0 Å². The maximum Gasteiger partial charge on any atom is 0.130 e. The van der Waals surface area contributed by atoms with Crippen LogP contribution >= 0.6 is 0 Å². The summed E-state index contributed by atoms with van der Waals surface area (Å²) < 4.78 is 0. The molecular weight excluding hydrogens is 188 g/mol. The monoisotopic (exact) mass is 204 g/mol. The molecule has 1 heterocycles. The first-order valence-electron chi connectivity index (χ1n) is 4.93. The lowest BCUT2D eigenvalue weighted by atomic mass is 9.90. The third-order valence-electron chi connectivity index (χ3n) is 1.78. The standard InChI is InChI=1S/C11H16N4/c1-11(2,3)7-9-6-10(13-5-4-12)15-8-14-9/h6,8H,5,7H2,1-3H3,(H,13,14,15). The van der Waals surface area contributed by atoms with Crippen LogP contribution in [0.4, 0.5) is 5.82 Å². The molecule has 4 nitrogen and oxygen atoms in total. The minimum Gasteiger partial charge on any atom is -0.357 e. The summed E-state index contributed by atoms with van der Waals surface area (Å²) >= 11 is 0. The van der Waals surface area contributed by atoms with Crippen molar-refractivity contribution in [3.63, 3.8) is 0 Å². The molecule has 0 aliphatic heterocycles. The van der Waals surface area contributed by atoms with E-state index in [2.05, 4.69) is 36.1 Å². The quantitative estimate of drug-likeness (QED) is 0.765.